The lowest BCUT2D eigenvalue weighted by molar-refractivity contribution is 0.637. The molecule has 29 heavy (non-hydrogen) atoms. The third-order valence-corrected chi connectivity index (χ3v) is 3.72. The first-order valence-corrected chi connectivity index (χ1v) is 10.6. The summed E-state index contributed by atoms with van der Waals surface area (Å²) >= 11 is 0. The van der Waals surface area contributed by atoms with Gasteiger partial charge >= 0.3 is 0 Å². The van der Waals surface area contributed by atoms with E-state index in [0.29, 0.717) is 0 Å². The molecule has 0 aliphatic carbocycles. The number of hydrogen-bond donors (Lipinski definition) is 0. The van der Waals surface area contributed by atoms with Crippen molar-refractivity contribution in [2.75, 3.05) is 0 Å². The summed E-state index contributed by atoms with van der Waals surface area (Å²) < 4.78 is 0. The summed E-state index contributed by atoms with van der Waals surface area (Å²) in [5.74, 6) is 0. The smallest absolute Gasteiger partial charge is 0.0348 e. The summed E-state index contributed by atoms with van der Waals surface area (Å²) in [5.41, 5.74) is 0. The third kappa shape index (κ3) is 25.1. The Morgan fingerprint density at radius 1 is 0.414 bits per heavy atom. The number of hydrogen-bond acceptors (Lipinski definition) is 0. The van der Waals surface area contributed by atoms with Crippen molar-refractivity contribution in [2.45, 2.75) is 45.4 Å². The molecule has 0 N–H and O–H groups in total. The lowest BCUT2D eigenvalue weighted by Gasteiger charge is -1.95. The first-order valence-electron chi connectivity index (χ1n) is 10.6. The monoisotopic (exact) mass is 385 g/mol. The van der Waals surface area contributed by atoms with Crippen molar-refractivity contribution in [1.29, 1.82) is 0 Å². The van der Waals surface area contributed by atoms with Gasteiger partial charge in [-0.25, -0.2) is 0 Å². The highest BCUT2D eigenvalue weighted by atomic mass is 13.9. The van der Waals surface area contributed by atoms with Crippen molar-refractivity contribution in [2.24, 2.45) is 0 Å². The van der Waals surface area contributed by atoms with E-state index in [-0.39, 0.29) is 0 Å². The lowest BCUT2D eigenvalue weighted by atomic mass is 10.1. The number of rotatable bonds is 16. The van der Waals surface area contributed by atoms with Crippen molar-refractivity contribution in [3.8, 4) is 0 Å². The largest absolute Gasteiger partial charge is 0.0845 e. The molecule has 0 unspecified atom stereocenters. The molecule has 0 aromatic carbocycles. The van der Waals surface area contributed by atoms with Gasteiger partial charge in [0.2, 0.25) is 0 Å². The quantitative estimate of drug-likeness (QED) is 0.184. The third-order valence-electron chi connectivity index (χ3n) is 3.72. The van der Waals surface area contributed by atoms with Crippen molar-refractivity contribution >= 4 is 0 Å². The van der Waals surface area contributed by atoms with Crippen LogP contribution in [0.1, 0.15) is 45.4 Å². The van der Waals surface area contributed by atoms with Crippen LogP contribution in [0.3, 0.4) is 0 Å². The maximum atomic E-state index is 5.23. The summed E-state index contributed by atoms with van der Waals surface area (Å²) in [5, 5.41) is 0. The van der Waals surface area contributed by atoms with Gasteiger partial charge in [0, 0.05) is 0 Å². The van der Waals surface area contributed by atoms with Crippen LogP contribution >= 0.6 is 0 Å². The Morgan fingerprint density at radius 3 is 1.14 bits per heavy atom. The van der Waals surface area contributed by atoms with Gasteiger partial charge in [-0.3, -0.25) is 0 Å². The highest BCUT2D eigenvalue weighted by Crippen LogP contribution is 2.05. The molecular formula is C29H37. The summed E-state index contributed by atoms with van der Waals surface area (Å²) in [6, 6.07) is 0. The molecule has 0 heteroatoms. The molecule has 0 spiro atoms. The van der Waals surface area contributed by atoms with Crippen molar-refractivity contribution in [3.63, 3.8) is 0 Å². The molecule has 0 amide bonds. The van der Waals surface area contributed by atoms with Crippen LogP contribution in [0, 0.1) is 6.58 Å². The minimum absolute atomic E-state index is 1.18. The second-order valence-electron chi connectivity index (χ2n) is 6.29. The molecule has 153 valence electrons. The van der Waals surface area contributed by atoms with Gasteiger partial charge in [0.1, 0.15) is 0 Å². The summed E-state index contributed by atoms with van der Waals surface area (Å²) in [6.45, 7) is 7.48. The van der Waals surface area contributed by atoms with Crippen LogP contribution in [0.4, 0.5) is 0 Å². The second kappa shape index (κ2) is 25.1. The van der Waals surface area contributed by atoms with Crippen LogP contribution in [-0.2, 0) is 0 Å². The maximum Gasteiger partial charge on any atom is -0.0348 e. The van der Waals surface area contributed by atoms with E-state index in [1.54, 1.807) is 6.08 Å². The molecule has 0 aromatic rings. The molecule has 0 rings (SSSR count). The van der Waals surface area contributed by atoms with Gasteiger partial charge in [0.15, 0.2) is 0 Å². The van der Waals surface area contributed by atoms with E-state index in [9.17, 15) is 0 Å². The fraction of sp³-hybridized carbons (Fsp3) is 0.241. The van der Waals surface area contributed by atoms with Crippen molar-refractivity contribution in [1.82, 2.24) is 0 Å². The standard InChI is InChI=1S/C29H37/c1-3-5-7-9-11-13-15-17-19-21-23-25-27-29-28-26-24-22-20-18-16-14-12-10-8-6-4-2/h1,3,5,7,9,11,13,15-29H,4,6,8,10,12,14H2,2H3. The molecule has 0 bridgehead atoms. The van der Waals surface area contributed by atoms with Crippen LogP contribution in [-0.4, -0.2) is 0 Å². The fourth-order valence-corrected chi connectivity index (χ4v) is 2.20. The zero-order valence-corrected chi connectivity index (χ0v) is 17.9. The molecule has 0 aromatic heterocycles. The normalized spacial score (nSPS) is 14.0. The predicted molar refractivity (Wildman–Crippen MR) is 134 cm³/mol. The van der Waals surface area contributed by atoms with Crippen molar-refractivity contribution in [3.05, 3.63) is 134 Å². The van der Waals surface area contributed by atoms with E-state index in [0.717, 1.165) is 0 Å². The average molecular weight is 386 g/mol. The van der Waals surface area contributed by atoms with Crippen molar-refractivity contribution < 1.29 is 0 Å². The zero-order valence-electron chi connectivity index (χ0n) is 17.9. The Bertz CT molecular complexity index is 652. The van der Waals surface area contributed by atoms with Crippen LogP contribution in [0.25, 0.3) is 0 Å². The molecule has 1 radical (unpaired) electrons. The topological polar surface area (TPSA) is 0 Å². The Morgan fingerprint density at radius 2 is 0.759 bits per heavy atom. The van der Waals surface area contributed by atoms with Crippen LogP contribution < -0.4 is 0 Å². The minimum Gasteiger partial charge on any atom is -0.0845 e. The highest BCUT2D eigenvalue weighted by Gasteiger charge is 1.85. The molecule has 0 aliphatic heterocycles. The zero-order chi connectivity index (χ0) is 21.1. The van der Waals surface area contributed by atoms with Gasteiger partial charge in [-0.15, -0.1) is 0 Å². The van der Waals surface area contributed by atoms with Crippen LogP contribution in [0.15, 0.2) is 128 Å². The van der Waals surface area contributed by atoms with Crippen LogP contribution in [0.2, 0.25) is 0 Å². The molecule has 0 nitrogen and oxygen atoms in total. The van der Waals surface area contributed by atoms with Crippen LogP contribution in [0.5, 0.6) is 0 Å². The van der Waals surface area contributed by atoms with Gasteiger partial charge in [-0.05, 0) is 12.8 Å². The summed E-state index contributed by atoms with van der Waals surface area (Å²) in [6.07, 6.45) is 49.5. The number of allylic oxidation sites excluding steroid dienone is 21. The first kappa shape index (κ1) is 26.1. The predicted octanol–water partition coefficient (Wildman–Crippen LogP) is 8.90. The van der Waals surface area contributed by atoms with Gasteiger partial charge < -0.3 is 0 Å². The molecule has 0 fully saturated rings. The number of unbranched alkanes of at least 4 members (excludes halogenated alkanes) is 5. The molecule has 0 saturated heterocycles. The Kier molecular flexibility index (Phi) is 22.7. The molecule has 0 atom stereocenters. The van der Waals surface area contributed by atoms with E-state index in [2.05, 4.69) is 31.2 Å². The van der Waals surface area contributed by atoms with Gasteiger partial charge in [0.05, 0.1) is 0 Å². The van der Waals surface area contributed by atoms with E-state index in [1.165, 1.54) is 44.6 Å². The molecule has 0 heterocycles. The second-order valence-corrected chi connectivity index (χ2v) is 6.29. The molecule has 0 aliphatic rings. The van der Waals surface area contributed by atoms with E-state index in [1.807, 2.05) is 91.1 Å². The van der Waals surface area contributed by atoms with Gasteiger partial charge in [0.25, 0.3) is 0 Å². The van der Waals surface area contributed by atoms with Gasteiger partial charge in [-0.2, -0.15) is 0 Å². The summed E-state index contributed by atoms with van der Waals surface area (Å²) in [4.78, 5) is 0. The van der Waals surface area contributed by atoms with Gasteiger partial charge in [-0.1, -0.05) is 167 Å². The Hall–Kier alpha value is -2.86. The Balaban J connectivity index is 3.80. The summed E-state index contributed by atoms with van der Waals surface area (Å²) in [7, 11) is 0. The maximum absolute atomic E-state index is 5.23. The Labute approximate surface area is 179 Å². The SMILES string of the molecule is [CH]=CC=CC=CC=CC=CC=CC=CC=CC=CC=CC=CCCCCCCC. The first-order chi connectivity index (χ1) is 14.4. The minimum atomic E-state index is 1.18. The molecular weight excluding hydrogens is 348 g/mol. The fourth-order valence-electron chi connectivity index (χ4n) is 2.20. The highest BCUT2D eigenvalue weighted by molar-refractivity contribution is 5.22. The van der Waals surface area contributed by atoms with E-state index >= 15 is 0 Å². The van der Waals surface area contributed by atoms with E-state index in [4.69, 9.17) is 6.58 Å². The average Bonchev–Trinajstić information content (AvgIpc) is 2.74. The molecule has 0 saturated carbocycles. The lowest BCUT2D eigenvalue weighted by Crippen LogP contribution is -1.75. The van der Waals surface area contributed by atoms with E-state index < -0.39 is 0 Å².